The summed E-state index contributed by atoms with van der Waals surface area (Å²) in [4.78, 5) is 3.40. The molecular formula is C25H16ClF4N5O2S. The first-order valence-corrected chi connectivity index (χ1v) is 13.1. The van der Waals surface area contributed by atoms with Crippen molar-refractivity contribution in [2.75, 3.05) is 6.26 Å². The first-order valence-electron chi connectivity index (χ1n) is 10.8. The fourth-order valence-electron chi connectivity index (χ4n) is 3.90. The monoisotopic (exact) mass is 561 g/mol. The van der Waals surface area contributed by atoms with Crippen molar-refractivity contribution in [1.29, 1.82) is 0 Å². The van der Waals surface area contributed by atoms with Crippen molar-refractivity contribution in [3.05, 3.63) is 95.9 Å². The highest BCUT2D eigenvalue weighted by molar-refractivity contribution is 7.90. The van der Waals surface area contributed by atoms with Crippen LogP contribution in [0, 0.1) is 5.82 Å². The van der Waals surface area contributed by atoms with Gasteiger partial charge in [-0.05, 0) is 47.5 Å². The molecular weight excluding hydrogens is 546 g/mol. The average molecular weight is 562 g/mol. The molecule has 0 aliphatic rings. The number of rotatable bonds is 5. The van der Waals surface area contributed by atoms with Crippen LogP contribution in [0.1, 0.15) is 5.69 Å². The van der Waals surface area contributed by atoms with Crippen LogP contribution in [-0.4, -0.2) is 39.2 Å². The molecule has 2 heterocycles. The summed E-state index contributed by atoms with van der Waals surface area (Å²) in [6, 6.07) is 15.1. The zero-order valence-electron chi connectivity index (χ0n) is 19.4. The fourth-order valence-corrected chi connectivity index (χ4v) is 4.69. The van der Waals surface area contributed by atoms with Crippen LogP contribution < -0.4 is 0 Å². The van der Waals surface area contributed by atoms with Gasteiger partial charge < -0.3 is 4.57 Å². The van der Waals surface area contributed by atoms with Gasteiger partial charge in [-0.1, -0.05) is 41.1 Å². The Morgan fingerprint density at radius 1 is 0.947 bits per heavy atom. The lowest BCUT2D eigenvalue weighted by atomic mass is 10.0. The summed E-state index contributed by atoms with van der Waals surface area (Å²) < 4.78 is 81.9. The van der Waals surface area contributed by atoms with Crippen LogP contribution in [0.4, 0.5) is 17.6 Å². The molecule has 0 spiro atoms. The number of hydrogen-bond acceptors (Lipinski definition) is 5. The van der Waals surface area contributed by atoms with E-state index in [1.54, 1.807) is 30.3 Å². The predicted octanol–water partition coefficient (Wildman–Crippen LogP) is 6.00. The third-order valence-corrected chi connectivity index (χ3v) is 7.05. The van der Waals surface area contributed by atoms with Gasteiger partial charge in [-0.2, -0.15) is 13.2 Å². The van der Waals surface area contributed by atoms with Crippen molar-refractivity contribution < 1.29 is 26.0 Å². The second-order valence-electron chi connectivity index (χ2n) is 8.33. The lowest BCUT2D eigenvalue weighted by Gasteiger charge is -2.16. The quantitative estimate of drug-likeness (QED) is 0.246. The molecule has 5 aromatic rings. The zero-order valence-corrected chi connectivity index (χ0v) is 20.9. The largest absolute Gasteiger partial charge is 0.434 e. The Morgan fingerprint density at radius 3 is 2.34 bits per heavy atom. The van der Waals surface area contributed by atoms with Gasteiger partial charge in [0.2, 0.25) is 0 Å². The summed E-state index contributed by atoms with van der Waals surface area (Å²) in [5.74, 6) is -0.897. The van der Waals surface area contributed by atoms with Crippen molar-refractivity contribution in [3.63, 3.8) is 0 Å². The van der Waals surface area contributed by atoms with E-state index >= 15 is 4.39 Å². The number of benzene rings is 3. The molecule has 0 radical (unpaired) electrons. The Kier molecular flexibility index (Phi) is 6.32. The minimum atomic E-state index is -4.74. The van der Waals surface area contributed by atoms with E-state index < -0.39 is 27.5 Å². The Morgan fingerprint density at radius 2 is 1.68 bits per heavy atom. The number of hydrogen-bond donors (Lipinski definition) is 0. The first-order chi connectivity index (χ1) is 17.9. The van der Waals surface area contributed by atoms with Gasteiger partial charge in [-0.25, -0.2) is 22.5 Å². The molecule has 7 nitrogen and oxygen atoms in total. The molecule has 0 aliphatic heterocycles. The topological polar surface area (TPSA) is 82.7 Å². The van der Waals surface area contributed by atoms with E-state index in [4.69, 9.17) is 11.6 Å². The summed E-state index contributed by atoms with van der Waals surface area (Å²) in [5.41, 5.74) is 0.214. The highest BCUT2D eigenvalue weighted by atomic mass is 35.5. The van der Waals surface area contributed by atoms with Crippen LogP contribution in [0.15, 0.2) is 84.3 Å². The standard InChI is InChI=1S/C25H16ClF4N5O2S/c1-38(36,37)19-4-2-3-16(9-19)17-10-20(27)24(34-13-23(31-14-34)25(28,29)30)21(11-17)35-22(12-32-33-35)15-5-7-18(26)8-6-15/h2-14H,1H3. The summed E-state index contributed by atoms with van der Waals surface area (Å²) in [6.45, 7) is 0. The number of nitrogens with zero attached hydrogens (tertiary/aromatic N) is 5. The molecule has 3 aromatic carbocycles. The van der Waals surface area contributed by atoms with E-state index in [2.05, 4.69) is 15.3 Å². The summed E-state index contributed by atoms with van der Waals surface area (Å²) >= 11 is 6.00. The predicted molar refractivity (Wildman–Crippen MR) is 132 cm³/mol. The van der Waals surface area contributed by atoms with Gasteiger partial charge in [-0.15, -0.1) is 5.10 Å². The third-order valence-electron chi connectivity index (χ3n) is 5.69. The second kappa shape index (κ2) is 9.37. The van der Waals surface area contributed by atoms with Gasteiger partial charge in [0, 0.05) is 23.0 Å². The molecule has 5 rings (SSSR count). The maximum atomic E-state index is 15.8. The van der Waals surface area contributed by atoms with Gasteiger partial charge in [0.05, 0.1) is 22.5 Å². The summed E-state index contributed by atoms with van der Waals surface area (Å²) in [5, 5.41) is 8.48. The normalized spacial score (nSPS) is 12.2. The van der Waals surface area contributed by atoms with Crippen LogP contribution >= 0.6 is 11.6 Å². The SMILES string of the molecule is CS(=O)(=O)c1cccc(-c2cc(F)c(-n3cnc(C(F)(F)F)c3)c(-n3nncc3-c3ccc(Cl)cc3)c2)c1. The highest BCUT2D eigenvalue weighted by Gasteiger charge is 2.34. The van der Waals surface area contributed by atoms with Crippen molar-refractivity contribution in [2.45, 2.75) is 11.1 Å². The molecule has 0 saturated carbocycles. The molecule has 0 N–H and O–H groups in total. The number of imidazole rings is 1. The molecule has 0 fully saturated rings. The van der Waals surface area contributed by atoms with E-state index in [0.717, 1.165) is 23.2 Å². The van der Waals surface area contributed by atoms with Gasteiger partial charge in [0.1, 0.15) is 17.8 Å². The maximum Gasteiger partial charge on any atom is 0.434 e. The van der Waals surface area contributed by atoms with Crippen LogP contribution in [0.5, 0.6) is 0 Å². The molecule has 0 aliphatic carbocycles. The van der Waals surface area contributed by atoms with E-state index in [1.807, 2.05) is 0 Å². The molecule has 0 bridgehead atoms. The molecule has 0 saturated heterocycles. The maximum absolute atomic E-state index is 15.8. The van der Waals surface area contributed by atoms with E-state index in [9.17, 15) is 21.6 Å². The molecule has 0 atom stereocenters. The van der Waals surface area contributed by atoms with Gasteiger partial charge in [0.15, 0.2) is 15.5 Å². The summed E-state index contributed by atoms with van der Waals surface area (Å²) in [6.07, 6.45) is -0.753. The van der Waals surface area contributed by atoms with Crippen molar-refractivity contribution >= 4 is 21.4 Å². The van der Waals surface area contributed by atoms with E-state index in [-0.39, 0.29) is 21.8 Å². The minimum Gasteiger partial charge on any atom is -0.301 e. The van der Waals surface area contributed by atoms with Gasteiger partial charge >= 0.3 is 6.18 Å². The summed E-state index contributed by atoms with van der Waals surface area (Å²) in [7, 11) is -3.56. The van der Waals surface area contributed by atoms with Crippen LogP contribution in [0.25, 0.3) is 33.8 Å². The number of alkyl halides is 3. The smallest absolute Gasteiger partial charge is 0.301 e. The lowest BCUT2D eigenvalue weighted by Crippen LogP contribution is -2.09. The average Bonchev–Trinajstić information content (AvgIpc) is 3.54. The van der Waals surface area contributed by atoms with Crippen LogP contribution in [-0.2, 0) is 16.0 Å². The highest BCUT2D eigenvalue weighted by Crippen LogP contribution is 2.35. The Bertz CT molecular complexity index is 1760. The molecule has 2 aromatic heterocycles. The molecule has 38 heavy (non-hydrogen) atoms. The van der Waals surface area contributed by atoms with Gasteiger partial charge in [-0.3, -0.25) is 0 Å². The fraction of sp³-hybridized carbons (Fsp3) is 0.0800. The van der Waals surface area contributed by atoms with Crippen LogP contribution in [0.3, 0.4) is 0 Å². The Balaban J connectivity index is 1.76. The molecule has 194 valence electrons. The van der Waals surface area contributed by atoms with Crippen LogP contribution in [0.2, 0.25) is 5.02 Å². The molecule has 13 heteroatoms. The molecule has 0 unspecified atom stereocenters. The zero-order chi connectivity index (χ0) is 27.2. The van der Waals surface area contributed by atoms with Crippen molar-refractivity contribution in [2.24, 2.45) is 0 Å². The Hall–Kier alpha value is -4.03. The minimum absolute atomic E-state index is 0.0214. The number of sulfone groups is 1. The van der Waals surface area contributed by atoms with Gasteiger partial charge in [0.25, 0.3) is 0 Å². The Labute approximate surface area is 218 Å². The van der Waals surface area contributed by atoms with E-state index in [0.29, 0.717) is 28.0 Å². The molecule has 0 amide bonds. The van der Waals surface area contributed by atoms with Crippen molar-refractivity contribution in [1.82, 2.24) is 24.5 Å². The first kappa shape index (κ1) is 25.6. The van der Waals surface area contributed by atoms with E-state index in [1.165, 1.54) is 35.1 Å². The second-order valence-corrected chi connectivity index (χ2v) is 10.8. The lowest BCUT2D eigenvalue weighted by molar-refractivity contribution is -0.140. The third kappa shape index (κ3) is 4.92. The number of halogens is 5. The van der Waals surface area contributed by atoms with Crippen molar-refractivity contribution in [3.8, 4) is 33.8 Å². The number of aromatic nitrogens is 5.